The lowest BCUT2D eigenvalue weighted by Gasteiger charge is -2.28. The third-order valence-electron chi connectivity index (χ3n) is 3.82. The van der Waals surface area contributed by atoms with E-state index in [-0.39, 0.29) is 11.9 Å². The minimum Gasteiger partial charge on any atom is -0.352 e. The molecule has 8 heteroatoms. The van der Waals surface area contributed by atoms with Crippen molar-refractivity contribution in [3.8, 4) is 0 Å². The highest BCUT2D eigenvalue weighted by Gasteiger charge is 2.27. The van der Waals surface area contributed by atoms with Crippen LogP contribution in [0.2, 0.25) is 0 Å². The molecule has 0 saturated carbocycles. The fraction of sp³-hybridized carbons (Fsp3) is 0.438. The number of nitrogens with two attached hydrogens (primary N) is 1. The van der Waals surface area contributed by atoms with Gasteiger partial charge in [0.1, 0.15) is 11.0 Å². The summed E-state index contributed by atoms with van der Waals surface area (Å²) in [5.41, 5.74) is 6.13. The van der Waals surface area contributed by atoms with Gasteiger partial charge in [-0.1, -0.05) is 12.1 Å². The average molecular weight is 367 g/mol. The van der Waals surface area contributed by atoms with Crippen LogP contribution in [0.15, 0.2) is 24.3 Å². The second-order valence-corrected chi connectivity index (χ2v) is 7.54. The van der Waals surface area contributed by atoms with E-state index in [9.17, 15) is 9.59 Å². The molecule has 0 saturated heterocycles. The van der Waals surface area contributed by atoms with E-state index in [0.717, 1.165) is 21.0 Å². The Labute approximate surface area is 149 Å². The van der Waals surface area contributed by atoms with E-state index in [2.05, 4.69) is 10.3 Å². The van der Waals surface area contributed by atoms with E-state index < -0.39 is 12.1 Å². The van der Waals surface area contributed by atoms with Crippen LogP contribution in [0.4, 0.5) is 4.79 Å². The van der Waals surface area contributed by atoms with Crippen molar-refractivity contribution in [3.63, 3.8) is 0 Å². The number of hydrogen-bond acceptors (Lipinski definition) is 5. The van der Waals surface area contributed by atoms with Gasteiger partial charge in [-0.05, 0) is 37.5 Å². The van der Waals surface area contributed by atoms with Crippen molar-refractivity contribution < 1.29 is 9.59 Å². The summed E-state index contributed by atoms with van der Waals surface area (Å²) in [4.78, 5) is 30.1. The Bertz CT molecular complexity index is 686. The number of thioether (sulfide) groups is 1. The van der Waals surface area contributed by atoms with Crippen molar-refractivity contribution >= 4 is 45.3 Å². The highest BCUT2D eigenvalue weighted by atomic mass is 32.2. The van der Waals surface area contributed by atoms with E-state index in [0.29, 0.717) is 6.42 Å². The molecule has 0 aliphatic carbocycles. The molecule has 2 aromatic rings. The summed E-state index contributed by atoms with van der Waals surface area (Å²) in [5.74, 6) is 0.606. The second-order valence-electron chi connectivity index (χ2n) is 5.49. The molecule has 0 unspecified atom stereocenters. The van der Waals surface area contributed by atoms with Gasteiger partial charge in [-0.25, -0.2) is 9.78 Å². The zero-order valence-electron chi connectivity index (χ0n) is 14.0. The molecule has 24 heavy (non-hydrogen) atoms. The van der Waals surface area contributed by atoms with Crippen molar-refractivity contribution in [2.24, 2.45) is 5.73 Å². The summed E-state index contributed by atoms with van der Waals surface area (Å²) >= 11 is 3.19. The van der Waals surface area contributed by atoms with Gasteiger partial charge in [-0.2, -0.15) is 11.8 Å². The Morgan fingerprint density at radius 3 is 2.75 bits per heavy atom. The molecule has 3 N–H and O–H groups in total. The number of urea groups is 1. The van der Waals surface area contributed by atoms with Crippen LogP contribution < -0.4 is 11.1 Å². The van der Waals surface area contributed by atoms with Crippen LogP contribution in [0.3, 0.4) is 0 Å². The number of hydrogen-bond donors (Lipinski definition) is 2. The predicted molar refractivity (Wildman–Crippen MR) is 100 cm³/mol. The normalized spacial score (nSPS) is 13.5. The number of benzene rings is 1. The Morgan fingerprint density at radius 1 is 1.42 bits per heavy atom. The Balaban J connectivity index is 2.15. The summed E-state index contributed by atoms with van der Waals surface area (Å²) in [7, 11) is 1.73. The van der Waals surface area contributed by atoms with Gasteiger partial charge >= 0.3 is 6.03 Å². The Hall–Kier alpha value is -1.80. The number of fused-ring (bicyclic) bond motifs is 1. The zero-order valence-corrected chi connectivity index (χ0v) is 15.6. The largest absolute Gasteiger partial charge is 0.352 e. The number of para-hydroxylation sites is 1. The lowest BCUT2D eigenvalue weighted by Crippen LogP contribution is -2.49. The third kappa shape index (κ3) is 4.39. The fourth-order valence-electron chi connectivity index (χ4n) is 2.34. The van der Waals surface area contributed by atoms with Crippen LogP contribution in [0.5, 0.6) is 0 Å². The number of amides is 3. The van der Waals surface area contributed by atoms with Crippen LogP contribution in [0.25, 0.3) is 10.2 Å². The maximum atomic E-state index is 12.7. The van der Waals surface area contributed by atoms with Gasteiger partial charge in [-0.15, -0.1) is 11.3 Å². The van der Waals surface area contributed by atoms with Crippen molar-refractivity contribution in [2.75, 3.05) is 19.1 Å². The maximum Gasteiger partial charge on any atom is 0.312 e. The summed E-state index contributed by atoms with van der Waals surface area (Å²) in [6.45, 7) is 1.94. The summed E-state index contributed by atoms with van der Waals surface area (Å²) in [6, 6.07) is 6.41. The Morgan fingerprint density at radius 2 is 2.12 bits per heavy atom. The first-order valence-corrected chi connectivity index (χ1v) is 9.82. The van der Waals surface area contributed by atoms with Gasteiger partial charge in [0.05, 0.1) is 16.3 Å². The van der Waals surface area contributed by atoms with E-state index in [1.807, 2.05) is 37.4 Å². The monoisotopic (exact) mass is 366 g/mol. The lowest BCUT2D eigenvalue weighted by molar-refractivity contribution is -0.133. The molecule has 0 aliphatic heterocycles. The van der Waals surface area contributed by atoms with Gasteiger partial charge < -0.3 is 16.0 Å². The predicted octanol–water partition coefficient (Wildman–Crippen LogP) is 2.61. The zero-order chi connectivity index (χ0) is 17.7. The number of thiazole rings is 1. The molecule has 1 aromatic heterocycles. The molecular weight excluding hydrogens is 344 g/mol. The standard InChI is InChI=1S/C16H22N4O2S2/c1-10(14-18-11-6-4-5-7-13(11)24-14)20(2)15(21)12(8-9-23-3)19-16(17)22/h4-7,10,12H,8-9H2,1-3H3,(H3,17,19,22)/t10-,12-/m0/s1. The fourth-order valence-corrected chi connectivity index (χ4v) is 3.87. The van der Waals surface area contributed by atoms with E-state index >= 15 is 0 Å². The summed E-state index contributed by atoms with van der Waals surface area (Å²) < 4.78 is 1.09. The highest BCUT2D eigenvalue weighted by molar-refractivity contribution is 7.98. The number of primary amides is 1. The van der Waals surface area contributed by atoms with Gasteiger partial charge in [-0.3, -0.25) is 4.79 Å². The molecule has 6 nitrogen and oxygen atoms in total. The van der Waals surface area contributed by atoms with Crippen molar-refractivity contribution in [3.05, 3.63) is 29.3 Å². The molecule has 0 fully saturated rings. The first-order valence-electron chi connectivity index (χ1n) is 7.61. The molecular formula is C16H22N4O2S2. The van der Waals surface area contributed by atoms with Crippen molar-refractivity contribution in [1.82, 2.24) is 15.2 Å². The number of nitrogens with zero attached hydrogens (tertiary/aromatic N) is 2. The Kier molecular flexibility index (Phi) is 6.44. The van der Waals surface area contributed by atoms with E-state index in [1.165, 1.54) is 0 Å². The molecule has 1 heterocycles. The molecule has 2 rings (SSSR count). The van der Waals surface area contributed by atoms with E-state index in [4.69, 9.17) is 5.73 Å². The second kappa shape index (κ2) is 8.34. The van der Waals surface area contributed by atoms with E-state index in [1.54, 1.807) is 35.0 Å². The average Bonchev–Trinajstić information content (AvgIpc) is 3.00. The number of carbonyl (C=O) groups is 2. The maximum absolute atomic E-state index is 12.7. The van der Waals surface area contributed by atoms with Crippen molar-refractivity contribution in [2.45, 2.75) is 25.4 Å². The van der Waals surface area contributed by atoms with Gasteiger partial charge in [0.15, 0.2) is 0 Å². The molecule has 0 spiro atoms. The molecule has 0 radical (unpaired) electrons. The van der Waals surface area contributed by atoms with Crippen LogP contribution in [0, 0.1) is 0 Å². The minimum atomic E-state index is -0.685. The molecule has 2 atom stereocenters. The highest BCUT2D eigenvalue weighted by Crippen LogP contribution is 2.29. The first-order chi connectivity index (χ1) is 11.4. The van der Waals surface area contributed by atoms with Crippen LogP contribution in [-0.4, -0.2) is 46.9 Å². The molecule has 0 aliphatic rings. The quantitative estimate of drug-likeness (QED) is 0.788. The van der Waals surface area contributed by atoms with Gasteiger partial charge in [0, 0.05) is 7.05 Å². The van der Waals surface area contributed by atoms with Gasteiger partial charge in [0.25, 0.3) is 0 Å². The molecule has 3 amide bonds. The SMILES string of the molecule is CSCC[C@H](NC(N)=O)C(=O)N(C)[C@@H](C)c1nc2ccccc2s1. The number of carbonyl (C=O) groups excluding carboxylic acids is 2. The minimum absolute atomic E-state index is 0.158. The molecule has 1 aromatic carbocycles. The first kappa shape index (κ1) is 18.5. The molecule has 130 valence electrons. The molecule has 0 bridgehead atoms. The third-order valence-corrected chi connectivity index (χ3v) is 5.67. The van der Waals surface area contributed by atoms with Gasteiger partial charge in [0.2, 0.25) is 5.91 Å². The van der Waals surface area contributed by atoms with Crippen LogP contribution in [-0.2, 0) is 4.79 Å². The summed E-state index contributed by atoms with van der Waals surface area (Å²) in [5, 5.41) is 3.42. The van der Waals surface area contributed by atoms with Crippen LogP contribution >= 0.6 is 23.1 Å². The topological polar surface area (TPSA) is 88.3 Å². The summed E-state index contributed by atoms with van der Waals surface area (Å²) in [6.07, 6.45) is 2.50. The lowest BCUT2D eigenvalue weighted by atomic mass is 10.1. The number of likely N-dealkylation sites (N-methyl/N-ethyl adjacent to an activating group) is 1. The van der Waals surface area contributed by atoms with Crippen LogP contribution in [0.1, 0.15) is 24.4 Å². The number of aromatic nitrogens is 1. The van der Waals surface area contributed by atoms with Crippen molar-refractivity contribution in [1.29, 1.82) is 0 Å². The smallest absolute Gasteiger partial charge is 0.312 e. The number of nitrogens with one attached hydrogen (secondary N) is 1. The number of rotatable bonds is 7.